The molecule has 0 radical (unpaired) electrons. The Kier molecular flexibility index (Phi) is 1.28. The SMILES string of the molecule is C1CC2OC2C(C2CCC3OC32)C1. The largest absolute Gasteiger partial charge is 0.369 e. The second-order valence-corrected chi connectivity index (χ2v) is 5.11. The van der Waals surface area contributed by atoms with E-state index in [2.05, 4.69) is 0 Å². The molecule has 6 atom stereocenters. The highest BCUT2D eigenvalue weighted by molar-refractivity contribution is 5.06. The summed E-state index contributed by atoms with van der Waals surface area (Å²) in [5, 5.41) is 0. The van der Waals surface area contributed by atoms with Gasteiger partial charge in [-0.3, -0.25) is 0 Å². The maximum atomic E-state index is 5.71. The van der Waals surface area contributed by atoms with Gasteiger partial charge in [-0.25, -0.2) is 0 Å². The first-order chi connectivity index (χ1) is 6.43. The van der Waals surface area contributed by atoms with E-state index < -0.39 is 0 Å². The molecule has 0 aromatic carbocycles. The summed E-state index contributed by atoms with van der Waals surface area (Å²) in [6.45, 7) is 0. The van der Waals surface area contributed by atoms with E-state index >= 15 is 0 Å². The molecule has 2 nitrogen and oxygen atoms in total. The van der Waals surface area contributed by atoms with E-state index in [-0.39, 0.29) is 0 Å². The van der Waals surface area contributed by atoms with Gasteiger partial charge in [-0.2, -0.15) is 0 Å². The highest BCUT2D eigenvalue weighted by Crippen LogP contribution is 2.53. The molecule has 2 saturated carbocycles. The predicted molar refractivity (Wildman–Crippen MR) is 47.4 cm³/mol. The lowest BCUT2D eigenvalue weighted by molar-refractivity contribution is 0.169. The van der Waals surface area contributed by atoms with Gasteiger partial charge in [0, 0.05) is 0 Å². The van der Waals surface area contributed by atoms with Crippen LogP contribution in [0.3, 0.4) is 0 Å². The molecule has 2 heteroatoms. The third-order valence-corrected chi connectivity index (χ3v) is 4.45. The molecule has 2 heterocycles. The number of fused-ring (bicyclic) bond motifs is 2. The van der Waals surface area contributed by atoms with Gasteiger partial charge in [-0.05, 0) is 37.5 Å². The van der Waals surface area contributed by atoms with Crippen molar-refractivity contribution in [1.29, 1.82) is 0 Å². The lowest BCUT2D eigenvalue weighted by Crippen LogP contribution is -2.26. The van der Waals surface area contributed by atoms with Crippen LogP contribution in [0.5, 0.6) is 0 Å². The quantitative estimate of drug-likeness (QED) is 0.574. The standard InChI is InChI=1S/C11H16O2/c1-2-6(10-8(3-1)12-10)7-4-5-9-11(7)13-9/h6-11H,1-5H2. The molecule has 0 amide bonds. The van der Waals surface area contributed by atoms with E-state index in [0.29, 0.717) is 24.4 Å². The predicted octanol–water partition coefficient (Wildman–Crippen LogP) is 1.73. The first-order valence-corrected chi connectivity index (χ1v) is 5.74. The fourth-order valence-corrected chi connectivity index (χ4v) is 3.69. The minimum atomic E-state index is 0.640. The van der Waals surface area contributed by atoms with Gasteiger partial charge in [0.1, 0.15) is 0 Å². The molecule has 0 N–H and O–H groups in total. The zero-order valence-electron chi connectivity index (χ0n) is 7.82. The second kappa shape index (κ2) is 2.29. The Hall–Kier alpha value is -0.0800. The summed E-state index contributed by atoms with van der Waals surface area (Å²) in [7, 11) is 0. The van der Waals surface area contributed by atoms with Crippen molar-refractivity contribution in [3.05, 3.63) is 0 Å². The van der Waals surface area contributed by atoms with Crippen LogP contribution in [0.2, 0.25) is 0 Å². The van der Waals surface area contributed by atoms with E-state index in [4.69, 9.17) is 9.47 Å². The smallest absolute Gasteiger partial charge is 0.0873 e. The number of rotatable bonds is 1. The summed E-state index contributed by atoms with van der Waals surface area (Å²) in [5.41, 5.74) is 0. The van der Waals surface area contributed by atoms with E-state index in [1.54, 1.807) is 0 Å². The molecule has 2 aliphatic heterocycles. The van der Waals surface area contributed by atoms with Crippen molar-refractivity contribution in [1.82, 2.24) is 0 Å². The van der Waals surface area contributed by atoms with Gasteiger partial charge >= 0.3 is 0 Å². The topological polar surface area (TPSA) is 25.1 Å². The van der Waals surface area contributed by atoms with Crippen LogP contribution in [-0.4, -0.2) is 24.4 Å². The molecule has 4 aliphatic rings. The normalized spacial score (nSPS) is 62.8. The van der Waals surface area contributed by atoms with Crippen LogP contribution in [0.15, 0.2) is 0 Å². The van der Waals surface area contributed by atoms with Crippen LogP contribution in [0.4, 0.5) is 0 Å². The summed E-state index contributed by atoms with van der Waals surface area (Å²) < 4.78 is 11.3. The summed E-state index contributed by atoms with van der Waals surface area (Å²) in [4.78, 5) is 0. The molecule has 4 fully saturated rings. The Morgan fingerprint density at radius 3 is 2.15 bits per heavy atom. The zero-order valence-corrected chi connectivity index (χ0v) is 7.82. The Morgan fingerprint density at radius 1 is 0.692 bits per heavy atom. The van der Waals surface area contributed by atoms with Crippen LogP contribution in [0, 0.1) is 11.8 Å². The van der Waals surface area contributed by atoms with Crippen molar-refractivity contribution < 1.29 is 9.47 Å². The van der Waals surface area contributed by atoms with E-state index in [9.17, 15) is 0 Å². The molecule has 0 bridgehead atoms. The Balaban J connectivity index is 1.53. The summed E-state index contributed by atoms with van der Waals surface area (Å²) in [6, 6.07) is 0. The zero-order chi connectivity index (χ0) is 8.41. The van der Waals surface area contributed by atoms with Crippen LogP contribution < -0.4 is 0 Å². The van der Waals surface area contributed by atoms with Gasteiger partial charge in [0.15, 0.2) is 0 Å². The highest BCUT2D eigenvalue weighted by Gasteiger charge is 2.58. The van der Waals surface area contributed by atoms with E-state index in [0.717, 1.165) is 11.8 Å². The van der Waals surface area contributed by atoms with Crippen molar-refractivity contribution in [3.63, 3.8) is 0 Å². The second-order valence-electron chi connectivity index (χ2n) is 5.11. The first kappa shape index (κ1) is 7.24. The molecule has 6 unspecified atom stereocenters. The highest BCUT2D eigenvalue weighted by atomic mass is 16.6. The van der Waals surface area contributed by atoms with Gasteiger partial charge < -0.3 is 9.47 Å². The molecule has 13 heavy (non-hydrogen) atoms. The monoisotopic (exact) mass is 180 g/mol. The number of epoxide rings is 2. The molecular weight excluding hydrogens is 164 g/mol. The fourth-order valence-electron chi connectivity index (χ4n) is 3.69. The first-order valence-electron chi connectivity index (χ1n) is 5.74. The fraction of sp³-hybridized carbons (Fsp3) is 1.00. The van der Waals surface area contributed by atoms with Crippen molar-refractivity contribution >= 4 is 0 Å². The molecule has 0 aromatic rings. The van der Waals surface area contributed by atoms with Crippen LogP contribution in [0.25, 0.3) is 0 Å². The average Bonchev–Trinajstić information content (AvgIpc) is 3.03. The van der Waals surface area contributed by atoms with Gasteiger partial charge in [0.2, 0.25) is 0 Å². The van der Waals surface area contributed by atoms with E-state index in [1.165, 1.54) is 32.1 Å². The number of hydrogen-bond donors (Lipinski definition) is 0. The van der Waals surface area contributed by atoms with Gasteiger partial charge in [-0.1, -0.05) is 6.42 Å². The maximum Gasteiger partial charge on any atom is 0.0873 e. The third kappa shape index (κ3) is 0.962. The van der Waals surface area contributed by atoms with Crippen molar-refractivity contribution in [2.24, 2.45) is 11.8 Å². The molecule has 2 aliphatic carbocycles. The van der Waals surface area contributed by atoms with Gasteiger partial charge in [0.05, 0.1) is 24.4 Å². The number of ether oxygens (including phenoxy) is 2. The summed E-state index contributed by atoms with van der Waals surface area (Å²) >= 11 is 0. The average molecular weight is 180 g/mol. The third-order valence-electron chi connectivity index (χ3n) is 4.45. The Labute approximate surface area is 78.6 Å². The van der Waals surface area contributed by atoms with Crippen LogP contribution in [-0.2, 0) is 9.47 Å². The van der Waals surface area contributed by atoms with Crippen LogP contribution in [0.1, 0.15) is 32.1 Å². The molecule has 0 aromatic heterocycles. The minimum absolute atomic E-state index is 0.640. The van der Waals surface area contributed by atoms with Crippen molar-refractivity contribution in [2.75, 3.05) is 0 Å². The molecule has 2 saturated heterocycles. The minimum Gasteiger partial charge on any atom is -0.369 e. The maximum absolute atomic E-state index is 5.71. The van der Waals surface area contributed by atoms with Gasteiger partial charge in [-0.15, -0.1) is 0 Å². The summed E-state index contributed by atoms with van der Waals surface area (Å²) in [6.07, 6.45) is 9.44. The Morgan fingerprint density at radius 2 is 1.38 bits per heavy atom. The number of hydrogen-bond acceptors (Lipinski definition) is 2. The van der Waals surface area contributed by atoms with Crippen molar-refractivity contribution in [2.45, 2.75) is 56.5 Å². The lowest BCUT2D eigenvalue weighted by Gasteiger charge is -2.24. The lowest BCUT2D eigenvalue weighted by atomic mass is 9.79. The molecule has 0 spiro atoms. The van der Waals surface area contributed by atoms with Crippen molar-refractivity contribution in [3.8, 4) is 0 Å². The Bertz CT molecular complexity index is 240. The summed E-state index contributed by atoms with van der Waals surface area (Å²) in [5.74, 6) is 1.72. The molecule has 72 valence electrons. The van der Waals surface area contributed by atoms with Crippen LogP contribution >= 0.6 is 0 Å². The molecule has 4 rings (SSSR count). The van der Waals surface area contributed by atoms with E-state index in [1.807, 2.05) is 0 Å². The molecular formula is C11H16O2. The van der Waals surface area contributed by atoms with Gasteiger partial charge in [0.25, 0.3) is 0 Å².